The standard InChI is InChI=1S/C10H8BrN3O2S/c1-16-10(15)5-4-13-9(14-8(5)12)6-2-3-7(11)17-6/h2-4H,1H3,(H2,12,13,14). The molecule has 2 aromatic heterocycles. The summed E-state index contributed by atoms with van der Waals surface area (Å²) in [4.78, 5) is 20.3. The van der Waals surface area contributed by atoms with E-state index in [4.69, 9.17) is 5.73 Å². The number of nitrogen functional groups attached to an aromatic ring is 1. The summed E-state index contributed by atoms with van der Waals surface area (Å²) >= 11 is 4.84. The second-order valence-corrected chi connectivity index (χ2v) is 5.55. The van der Waals surface area contributed by atoms with Crippen LogP contribution in [-0.4, -0.2) is 23.0 Å². The van der Waals surface area contributed by atoms with E-state index in [9.17, 15) is 4.79 Å². The maximum absolute atomic E-state index is 11.3. The molecule has 0 saturated heterocycles. The molecule has 0 bridgehead atoms. The Hall–Kier alpha value is -1.47. The lowest BCUT2D eigenvalue weighted by Gasteiger charge is -2.03. The number of hydrogen-bond acceptors (Lipinski definition) is 6. The molecule has 17 heavy (non-hydrogen) atoms. The molecular weight excluding hydrogens is 306 g/mol. The lowest BCUT2D eigenvalue weighted by Crippen LogP contribution is -2.08. The van der Waals surface area contributed by atoms with Crippen LogP contribution in [0.2, 0.25) is 0 Å². The maximum atomic E-state index is 11.3. The van der Waals surface area contributed by atoms with Crippen LogP contribution in [0.15, 0.2) is 22.1 Å². The van der Waals surface area contributed by atoms with E-state index in [0.29, 0.717) is 5.82 Å². The topological polar surface area (TPSA) is 78.1 Å². The molecule has 2 heterocycles. The van der Waals surface area contributed by atoms with Gasteiger partial charge in [-0.15, -0.1) is 11.3 Å². The molecule has 0 fully saturated rings. The van der Waals surface area contributed by atoms with Crippen molar-refractivity contribution in [3.8, 4) is 10.7 Å². The van der Waals surface area contributed by atoms with Gasteiger partial charge in [-0.1, -0.05) is 0 Å². The third kappa shape index (κ3) is 2.45. The van der Waals surface area contributed by atoms with Gasteiger partial charge in [0.1, 0.15) is 11.4 Å². The zero-order valence-electron chi connectivity index (χ0n) is 8.81. The van der Waals surface area contributed by atoms with Crippen molar-refractivity contribution in [1.82, 2.24) is 9.97 Å². The van der Waals surface area contributed by atoms with Gasteiger partial charge in [0.25, 0.3) is 0 Å². The first-order chi connectivity index (χ1) is 8.11. The lowest BCUT2D eigenvalue weighted by atomic mass is 10.3. The van der Waals surface area contributed by atoms with Gasteiger partial charge in [0.2, 0.25) is 0 Å². The monoisotopic (exact) mass is 313 g/mol. The molecule has 2 rings (SSSR count). The van der Waals surface area contributed by atoms with E-state index in [2.05, 4.69) is 30.6 Å². The molecule has 2 N–H and O–H groups in total. The number of rotatable bonds is 2. The van der Waals surface area contributed by atoms with Crippen LogP contribution in [0.1, 0.15) is 10.4 Å². The number of anilines is 1. The zero-order chi connectivity index (χ0) is 12.4. The third-order valence-corrected chi connectivity index (χ3v) is 3.64. The van der Waals surface area contributed by atoms with Crippen LogP contribution in [0.25, 0.3) is 10.7 Å². The summed E-state index contributed by atoms with van der Waals surface area (Å²) in [6.07, 6.45) is 1.37. The minimum absolute atomic E-state index is 0.117. The highest BCUT2D eigenvalue weighted by Gasteiger charge is 2.14. The van der Waals surface area contributed by atoms with Crippen LogP contribution in [0.3, 0.4) is 0 Å². The fraction of sp³-hybridized carbons (Fsp3) is 0.100. The number of ether oxygens (including phenoxy) is 1. The number of hydrogen-bond donors (Lipinski definition) is 1. The van der Waals surface area contributed by atoms with Gasteiger partial charge in [-0.3, -0.25) is 0 Å². The summed E-state index contributed by atoms with van der Waals surface area (Å²) in [6, 6.07) is 3.77. The predicted molar refractivity (Wildman–Crippen MR) is 68.8 cm³/mol. The highest BCUT2D eigenvalue weighted by atomic mass is 79.9. The van der Waals surface area contributed by atoms with Crippen molar-refractivity contribution in [3.05, 3.63) is 27.7 Å². The molecule has 7 heteroatoms. The largest absolute Gasteiger partial charge is 0.465 e. The van der Waals surface area contributed by atoms with E-state index >= 15 is 0 Å². The van der Waals surface area contributed by atoms with E-state index in [-0.39, 0.29) is 11.4 Å². The molecule has 88 valence electrons. The summed E-state index contributed by atoms with van der Waals surface area (Å²) < 4.78 is 5.54. The second kappa shape index (κ2) is 4.80. The van der Waals surface area contributed by atoms with Crippen LogP contribution in [0.5, 0.6) is 0 Å². The summed E-state index contributed by atoms with van der Waals surface area (Å²) in [5, 5.41) is 0. The Balaban J connectivity index is 2.40. The molecule has 0 atom stereocenters. The Labute approximate surface area is 110 Å². The number of carbonyl (C=O) groups is 1. The molecule has 0 unspecified atom stereocenters. The molecule has 0 aliphatic rings. The number of methoxy groups -OCH3 is 1. The Morgan fingerprint density at radius 2 is 2.29 bits per heavy atom. The summed E-state index contributed by atoms with van der Waals surface area (Å²) in [6.45, 7) is 0. The highest BCUT2D eigenvalue weighted by molar-refractivity contribution is 9.11. The van der Waals surface area contributed by atoms with Gasteiger partial charge in [0.15, 0.2) is 5.82 Å². The van der Waals surface area contributed by atoms with Gasteiger partial charge in [0.05, 0.1) is 15.8 Å². The molecule has 0 saturated carbocycles. The minimum atomic E-state index is -0.540. The molecule has 0 aliphatic heterocycles. The quantitative estimate of drug-likeness (QED) is 0.861. The third-order valence-electron chi connectivity index (χ3n) is 2.02. The van der Waals surface area contributed by atoms with Crippen LogP contribution < -0.4 is 5.73 Å². The lowest BCUT2D eigenvalue weighted by molar-refractivity contribution is 0.0601. The van der Waals surface area contributed by atoms with E-state index < -0.39 is 5.97 Å². The van der Waals surface area contributed by atoms with Gasteiger partial charge in [-0.05, 0) is 28.1 Å². The van der Waals surface area contributed by atoms with Crippen molar-refractivity contribution in [3.63, 3.8) is 0 Å². The molecule has 0 amide bonds. The molecule has 0 spiro atoms. The van der Waals surface area contributed by atoms with Gasteiger partial charge >= 0.3 is 5.97 Å². The number of halogens is 1. The summed E-state index contributed by atoms with van der Waals surface area (Å²) in [5.41, 5.74) is 5.86. The number of aromatic nitrogens is 2. The average molecular weight is 314 g/mol. The van der Waals surface area contributed by atoms with Crippen LogP contribution in [-0.2, 0) is 4.74 Å². The Bertz CT molecular complexity index is 570. The van der Waals surface area contributed by atoms with Crippen molar-refractivity contribution in [2.24, 2.45) is 0 Å². The van der Waals surface area contributed by atoms with E-state index in [1.54, 1.807) is 0 Å². The van der Waals surface area contributed by atoms with Crippen molar-refractivity contribution in [1.29, 1.82) is 0 Å². The Morgan fingerprint density at radius 3 is 2.82 bits per heavy atom. The van der Waals surface area contributed by atoms with Crippen LogP contribution in [0.4, 0.5) is 5.82 Å². The molecule has 0 aliphatic carbocycles. The molecule has 2 aromatic rings. The number of nitrogens with two attached hydrogens (primary N) is 1. The van der Waals surface area contributed by atoms with E-state index in [1.165, 1.54) is 24.6 Å². The predicted octanol–water partition coefficient (Wildman–Crippen LogP) is 2.34. The molecular formula is C10H8BrN3O2S. The first-order valence-corrected chi connectivity index (χ1v) is 6.19. The second-order valence-electron chi connectivity index (χ2n) is 3.09. The molecule has 0 aromatic carbocycles. The highest BCUT2D eigenvalue weighted by Crippen LogP contribution is 2.29. The number of nitrogens with zero attached hydrogens (tertiary/aromatic N) is 2. The van der Waals surface area contributed by atoms with Crippen LogP contribution in [0, 0.1) is 0 Å². The van der Waals surface area contributed by atoms with Gasteiger partial charge in [0, 0.05) is 6.20 Å². The van der Waals surface area contributed by atoms with Crippen LogP contribution >= 0.6 is 27.3 Å². The normalized spacial score (nSPS) is 10.2. The van der Waals surface area contributed by atoms with Crippen molar-refractivity contribution >= 4 is 39.1 Å². The van der Waals surface area contributed by atoms with Crippen molar-refractivity contribution < 1.29 is 9.53 Å². The van der Waals surface area contributed by atoms with Gasteiger partial charge in [-0.25, -0.2) is 14.8 Å². The SMILES string of the molecule is COC(=O)c1cnc(-c2ccc(Br)s2)nc1N. The fourth-order valence-corrected chi connectivity index (χ4v) is 2.54. The van der Waals surface area contributed by atoms with Crippen molar-refractivity contribution in [2.45, 2.75) is 0 Å². The first kappa shape index (κ1) is 12.0. The van der Waals surface area contributed by atoms with E-state index in [0.717, 1.165) is 8.66 Å². The summed E-state index contributed by atoms with van der Waals surface area (Å²) in [5.74, 6) is 0.0682. The fourth-order valence-electron chi connectivity index (χ4n) is 1.22. The smallest absolute Gasteiger partial charge is 0.343 e. The summed E-state index contributed by atoms with van der Waals surface area (Å²) in [7, 11) is 1.28. The first-order valence-electron chi connectivity index (χ1n) is 4.58. The Kier molecular flexibility index (Phi) is 3.39. The molecule has 5 nitrogen and oxygen atoms in total. The number of carbonyl (C=O) groups excluding carboxylic acids is 1. The van der Waals surface area contributed by atoms with E-state index in [1.807, 2.05) is 12.1 Å². The Morgan fingerprint density at radius 1 is 1.53 bits per heavy atom. The zero-order valence-corrected chi connectivity index (χ0v) is 11.2. The number of thiophene rings is 1. The van der Waals surface area contributed by atoms with Gasteiger partial charge < -0.3 is 10.5 Å². The molecule has 0 radical (unpaired) electrons. The minimum Gasteiger partial charge on any atom is -0.465 e. The van der Waals surface area contributed by atoms with Gasteiger partial charge in [-0.2, -0.15) is 0 Å². The van der Waals surface area contributed by atoms with Crippen molar-refractivity contribution in [2.75, 3.05) is 12.8 Å². The maximum Gasteiger partial charge on any atom is 0.343 e. The number of esters is 1. The average Bonchev–Trinajstić information content (AvgIpc) is 2.75.